The molecule has 0 amide bonds. The summed E-state index contributed by atoms with van der Waals surface area (Å²) in [7, 11) is -3.74. The number of sulfonamides is 1. The number of anilines is 3. The zero-order chi connectivity index (χ0) is 22.9. The fraction of sp³-hybridized carbons (Fsp3) is 0.273. The predicted molar refractivity (Wildman–Crippen MR) is 129 cm³/mol. The smallest absolute Gasteiger partial charge is 0.244 e. The van der Waals surface area contributed by atoms with Gasteiger partial charge in [-0.3, -0.25) is 0 Å². The molecule has 2 heterocycles. The van der Waals surface area contributed by atoms with E-state index < -0.39 is 10.0 Å². The van der Waals surface area contributed by atoms with Crippen LogP contribution in [-0.2, 0) is 10.0 Å². The highest BCUT2D eigenvalue weighted by molar-refractivity contribution is 7.89. The van der Waals surface area contributed by atoms with Crippen LogP contribution in [0.4, 0.5) is 17.5 Å². The topological polar surface area (TPSA) is 78.4 Å². The Balaban J connectivity index is 1.49. The molecule has 1 aliphatic heterocycles. The molecule has 32 heavy (non-hydrogen) atoms. The van der Waals surface area contributed by atoms with Gasteiger partial charge >= 0.3 is 0 Å². The first-order chi connectivity index (χ1) is 15.2. The number of halogens is 2. The van der Waals surface area contributed by atoms with Crippen molar-refractivity contribution < 1.29 is 8.42 Å². The molecule has 1 fully saturated rings. The van der Waals surface area contributed by atoms with Crippen molar-refractivity contribution in [3.05, 3.63) is 69.8 Å². The van der Waals surface area contributed by atoms with Crippen molar-refractivity contribution in [2.24, 2.45) is 0 Å². The molecule has 0 atom stereocenters. The summed E-state index contributed by atoms with van der Waals surface area (Å²) in [5, 5.41) is 3.79. The molecule has 0 unspecified atom stereocenters. The lowest BCUT2D eigenvalue weighted by Gasteiger charge is -2.34. The monoisotopic (exact) mass is 491 g/mol. The van der Waals surface area contributed by atoms with Gasteiger partial charge in [0, 0.05) is 48.6 Å². The van der Waals surface area contributed by atoms with Gasteiger partial charge in [0.25, 0.3) is 0 Å². The second-order valence-electron chi connectivity index (χ2n) is 7.65. The molecule has 0 bridgehead atoms. The standard InChI is InChI=1S/C22H23Cl2N5O2S/c1-15-3-6-18(7-4-15)26-21-13-16(2)25-22(27-21)28-9-11-29(12-10-28)32(30,31)20-14-17(23)5-8-19(20)24/h3-8,13-14H,9-12H2,1-2H3,(H,25,26,27). The van der Waals surface area contributed by atoms with Crippen LogP contribution in [0.5, 0.6) is 0 Å². The van der Waals surface area contributed by atoms with Crippen molar-refractivity contribution in [2.75, 3.05) is 36.4 Å². The predicted octanol–water partition coefficient (Wildman–Crippen LogP) is 4.65. The van der Waals surface area contributed by atoms with E-state index in [0.717, 1.165) is 11.4 Å². The molecule has 3 aromatic rings. The van der Waals surface area contributed by atoms with Crippen LogP contribution in [0.1, 0.15) is 11.3 Å². The van der Waals surface area contributed by atoms with E-state index in [1.54, 1.807) is 6.07 Å². The fourth-order valence-electron chi connectivity index (χ4n) is 3.49. The Bertz CT molecular complexity index is 1230. The third-order valence-corrected chi connectivity index (χ3v) is 7.81. The molecule has 1 saturated heterocycles. The first-order valence-electron chi connectivity index (χ1n) is 10.1. The van der Waals surface area contributed by atoms with Gasteiger partial charge < -0.3 is 10.2 Å². The van der Waals surface area contributed by atoms with E-state index in [-0.39, 0.29) is 9.92 Å². The molecular formula is C22H23Cl2N5O2S. The first-order valence-corrected chi connectivity index (χ1v) is 12.3. The van der Waals surface area contributed by atoms with Gasteiger partial charge in [0.05, 0.1) is 5.02 Å². The normalized spacial score (nSPS) is 15.1. The summed E-state index contributed by atoms with van der Waals surface area (Å²) in [6.07, 6.45) is 0. The Morgan fingerprint density at radius 2 is 1.59 bits per heavy atom. The van der Waals surface area contributed by atoms with Crippen molar-refractivity contribution >= 4 is 50.7 Å². The number of rotatable bonds is 5. The van der Waals surface area contributed by atoms with Crippen LogP contribution >= 0.6 is 23.2 Å². The number of piperazine rings is 1. The molecule has 0 saturated carbocycles. The lowest BCUT2D eigenvalue weighted by atomic mass is 10.2. The summed E-state index contributed by atoms with van der Waals surface area (Å²) in [5.41, 5.74) is 2.95. The van der Waals surface area contributed by atoms with Crippen LogP contribution < -0.4 is 10.2 Å². The third-order valence-electron chi connectivity index (χ3n) is 5.20. The van der Waals surface area contributed by atoms with Gasteiger partial charge in [-0.15, -0.1) is 0 Å². The van der Waals surface area contributed by atoms with Gasteiger partial charge in [-0.05, 0) is 44.2 Å². The molecule has 1 aromatic heterocycles. The Morgan fingerprint density at radius 1 is 0.906 bits per heavy atom. The molecule has 168 valence electrons. The maximum absolute atomic E-state index is 13.1. The minimum Gasteiger partial charge on any atom is -0.340 e. The van der Waals surface area contributed by atoms with Crippen LogP contribution in [0.3, 0.4) is 0 Å². The molecule has 7 nitrogen and oxygen atoms in total. The number of aromatic nitrogens is 2. The minimum atomic E-state index is -3.74. The number of hydrogen-bond donors (Lipinski definition) is 1. The largest absolute Gasteiger partial charge is 0.340 e. The van der Waals surface area contributed by atoms with Crippen LogP contribution in [0.15, 0.2) is 53.4 Å². The second kappa shape index (κ2) is 9.23. The molecule has 1 N–H and O–H groups in total. The molecular weight excluding hydrogens is 469 g/mol. The van der Waals surface area contributed by atoms with E-state index in [9.17, 15) is 8.42 Å². The van der Waals surface area contributed by atoms with E-state index in [1.807, 2.05) is 49.1 Å². The summed E-state index contributed by atoms with van der Waals surface area (Å²) in [5.74, 6) is 1.26. The van der Waals surface area contributed by atoms with Gasteiger partial charge in [0.1, 0.15) is 10.7 Å². The quantitative estimate of drug-likeness (QED) is 0.559. The van der Waals surface area contributed by atoms with Gasteiger partial charge in [-0.25, -0.2) is 13.4 Å². The van der Waals surface area contributed by atoms with E-state index in [0.29, 0.717) is 43.0 Å². The van der Waals surface area contributed by atoms with Crippen molar-refractivity contribution in [3.63, 3.8) is 0 Å². The lowest BCUT2D eigenvalue weighted by Crippen LogP contribution is -2.49. The average molecular weight is 492 g/mol. The van der Waals surface area contributed by atoms with Gasteiger partial charge in [0.2, 0.25) is 16.0 Å². The summed E-state index contributed by atoms with van der Waals surface area (Å²) >= 11 is 12.1. The number of nitrogens with one attached hydrogen (secondary N) is 1. The van der Waals surface area contributed by atoms with Crippen molar-refractivity contribution in [1.29, 1.82) is 0 Å². The van der Waals surface area contributed by atoms with Crippen molar-refractivity contribution in [3.8, 4) is 0 Å². The zero-order valence-corrected chi connectivity index (χ0v) is 20.0. The maximum Gasteiger partial charge on any atom is 0.244 e. The Hall–Kier alpha value is -2.39. The maximum atomic E-state index is 13.1. The van der Waals surface area contributed by atoms with E-state index >= 15 is 0 Å². The minimum absolute atomic E-state index is 0.0245. The summed E-state index contributed by atoms with van der Waals surface area (Å²) in [6, 6.07) is 14.4. The molecule has 4 rings (SSSR count). The first kappa shape index (κ1) is 22.8. The Kier molecular flexibility index (Phi) is 6.57. The summed E-state index contributed by atoms with van der Waals surface area (Å²) in [6.45, 7) is 5.46. The third kappa shape index (κ3) is 4.99. The van der Waals surface area contributed by atoms with E-state index in [4.69, 9.17) is 23.2 Å². The SMILES string of the molecule is Cc1ccc(Nc2cc(C)nc(N3CCN(S(=O)(=O)c4cc(Cl)ccc4Cl)CC3)n2)cc1. The van der Waals surface area contributed by atoms with Crippen LogP contribution in [0.25, 0.3) is 0 Å². The number of aryl methyl sites for hydroxylation is 2. The lowest BCUT2D eigenvalue weighted by molar-refractivity contribution is 0.382. The fourth-order valence-corrected chi connectivity index (χ4v) is 5.64. The zero-order valence-electron chi connectivity index (χ0n) is 17.7. The van der Waals surface area contributed by atoms with E-state index in [2.05, 4.69) is 15.3 Å². The van der Waals surface area contributed by atoms with Gasteiger partial charge in [-0.1, -0.05) is 40.9 Å². The highest BCUT2D eigenvalue weighted by Gasteiger charge is 2.31. The Labute approximate surface area is 198 Å². The van der Waals surface area contributed by atoms with E-state index in [1.165, 1.54) is 22.0 Å². The van der Waals surface area contributed by atoms with Crippen LogP contribution in [0.2, 0.25) is 10.0 Å². The van der Waals surface area contributed by atoms with Crippen molar-refractivity contribution in [1.82, 2.24) is 14.3 Å². The van der Waals surface area contributed by atoms with Gasteiger partial charge in [0.15, 0.2) is 0 Å². The number of hydrogen-bond acceptors (Lipinski definition) is 6. The highest BCUT2D eigenvalue weighted by atomic mass is 35.5. The van der Waals surface area contributed by atoms with Crippen LogP contribution in [-0.4, -0.2) is 48.9 Å². The molecule has 1 aliphatic rings. The number of nitrogens with zero attached hydrogens (tertiary/aromatic N) is 4. The van der Waals surface area contributed by atoms with Gasteiger partial charge in [-0.2, -0.15) is 9.29 Å². The number of benzene rings is 2. The second-order valence-corrected chi connectivity index (χ2v) is 10.4. The molecule has 2 aromatic carbocycles. The molecule has 10 heteroatoms. The highest BCUT2D eigenvalue weighted by Crippen LogP contribution is 2.29. The molecule has 0 aliphatic carbocycles. The Morgan fingerprint density at radius 3 is 2.28 bits per heavy atom. The summed E-state index contributed by atoms with van der Waals surface area (Å²) < 4.78 is 27.5. The molecule has 0 radical (unpaired) electrons. The molecule has 0 spiro atoms. The van der Waals surface area contributed by atoms with Crippen molar-refractivity contribution in [2.45, 2.75) is 18.7 Å². The average Bonchev–Trinajstić information content (AvgIpc) is 2.76. The van der Waals surface area contributed by atoms with Crippen LogP contribution in [0, 0.1) is 13.8 Å². The summed E-state index contributed by atoms with van der Waals surface area (Å²) in [4.78, 5) is 11.2.